The van der Waals surface area contributed by atoms with Crippen molar-refractivity contribution in [1.82, 2.24) is 10.3 Å². The molecule has 0 unspecified atom stereocenters. The van der Waals surface area contributed by atoms with Crippen molar-refractivity contribution in [2.24, 2.45) is 0 Å². The number of halogens is 1. The van der Waals surface area contributed by atoms with E-state index in [-0.39, 0.29) is 24.1 Å². The molecule has 5 nitrogen and oxygen atoms in total. The highest BCUT2D eigenvalue weighted by Gasteiger charge is 2.15. The number of hydrogen-bond donors (Lipinski definition) is 2. The third-order valence-electron chi connectivity index (χ3n) is 2.70. The fourth-order valence-corrected chi connectivity index (χ4v) is 1.84. The molecule has 1 amide bonds. The molecule has 0 aliphatic carbocycles. The second-order valence-corrected chi connectivity index (χ2v) is 4.33. The minimum atomic E-state index is -0.278. The van der Waals surface area contributed by atoms with Gasteiger partial charge in [0.25, 0.3) is 5.91 Å². The van der Waals surface area contributed by atoms with Gasteiger partial charge in [-0.25, -0.2) is 4.98 Å². The number of nitrogens with one attached hydrogen (secondary N) is 2. The van der Waals surface area contributed by atoms with Crippen LogP contribution in [0.3, 0.4) is 0 Å². The first-order chi connectivity index (χ1) is 9.10. The minimum absolute atomic E-state index is 0. The summed E-state index contributed by atoms with van der Waals surface area (Å²) in [7, 11) is 1.89. The molecule has 1 aromatic heterocycles. The smallest absolute Gasteiger partial charge is 0.293 e. The zero-order valence-electron chi connectivity index (χ0n) is 11.7. The summed E-state index contributed by atoms with van der Waals surface area (Å²) in [5.41, 5.74) is 2.49. The van der Waals surface area contributed by atoms with E-state index in [4.69, 9.17) is 4.42 Å². The predicted molar refractivity (Wildman–Crippen MR) is 80.4 cm³/mol. The summed E-state index contributed by atoms with van der Waals surface area (Å²) in [6.45, 7) is 4.27. The molecule has 0 aliphatic heterocycles. The van der Waals surface area contributed by atoms with Crippen molar-refractivity contribution in [2.45, 2.75) is 20.4 Å². The fraction of sp³-hybridized carbons (Fsp3) is 0.286. The van der Waals surface area contributed by atoms with E-state index in [0.29, 0.717) is 11.6 Å². The van der Waals surface area contributed by atoms with Gasteiger partial charge in [0.15, 0.2) is 5.89 Å². The second-order valence-electron chi connectivity index (χ2n) is 4.33. The number of carbonyl (C=O) groups is 1. The Morgan fingerprint density at radius 3 is 2.40 bits per heavy atom. The van der Waals surface area contributed by atoms with E-state index in [0.717, 1.165) is 17.8 Å². The van der Waals surface area contributed by atoms with Gasteiger partial charge in [-0.05, 0) is 31.7 Å². The number of nitrogens with zero attached hydrogens (tertiary/aromatic N) is 1. The Bertz CT molecular complexity index is 579. The Kier molecular flexibility index (Phi) is 5.73. The molecule has 2 aromatic rings. The van der Waals surface area contributed by atoms with Gasteiger partial charge in [0.1, 0.15) is 0 Å². The first-order valence-corrected chi connectivity index (χ1v) is 6.09. The van der Waals surface area contributed by atoms with E-state index in [1.807, 2.05) is 31.3 Å². The SMILES string of the molecule is CNCc1ccc(NC(=O)c2oc(C)nc2C)cc1.Cl. The topological polar surface area (TPSA) is 67.2 Å². The molecule has 0 fully saturated rings. The summed E-state index contributed by atoms with van der Waals surface area (Å²) in [6.07, 6.45) is 0. The van der Waals surface area contributed by atoms with E-state index in [1.165, 1.54) is 0 Å². The Morgan fingerprint density at radius 2 is 1.90 bits per heavy atom. The Labute approximate surface area is 124 Å². The van der Waals surface area contributed by atoms with Crippen LogP contribution in [0.4, 0.5) is 5.69 Å². The van der Waals surface area contributed by atoms with Crippen LogP contribution in [0.1, 0.15) is 27.7 Å². The van der Waals surface area contributed by atoms with E-state index in [2.05, 4.69) is 15.6 Å². The molecule has 0 saturated carbocycles. The van der Waals surface area contributed by atoms with E-state index < -0.39 is 0 Å². The van der Waals surface area contributed by atoms with Crippen LogP contribution in [0, 0.1) is 13.8 Å². The minimum Gasteiger partial charge on any atom is -0.436 e. The number of benzene rings is 1. The Balaban J connectivity index is 0.00000200. The van der Waals surface area contributed by atoms with Gasteiger partial charge in [-0.15, -0.1) is 12.4 Å². The summed E-state index contributed by atoms with van der Waals surface area (Å²) in [4.78, 5) is 16.1. The second kappa shape index (κ2) is 7.07. The van der Waals surface area contributed by atoms with Crippen LogP contribution < -0.4 is 10.6 Å². The molecule has 108 valence electrons. The lowest BCUT2D eigenvalue weighted by Crippen LogP contribution is -2.12. The zero-order chi connectivity index (χ0) is 13.8. The van der Waals surface area contributed by atoms with Gasteiger partial charge >= 0.3 is 0 Å². The highest BCUT2D eigenvalue weighted by atomic mass is 35.5. The lowest BCUT2D eigenvalue weighted by molar-refractivity contribution is 0.0994. The van der Waals surface area contributed by atoms with Gasteiger partial charge < -0.3 is 15.1 Å². The van der Waals surface area contributed by atoms with Crippen LogP contribution in [-0.4, -0.2) is 17.9 Å². The number of oxazole rings is 1. The zero-order valence-corrected chi connectivity index (χ0v) is 12.5. The molecule has 2 N–H and O–H groups in total. The van der Waals surface area contributed by atoms with Crippen molar-refractivity contribution in [2.75, 3.05) is 12.4 Å². The van der Waals surface area contributed by atoms with Crippen LogP contribution in [0.15, 0.2) is 28.7 Å². The Hall–Kier alpha value is -1.85. The molecular weight excluding hydrogens is 278 g/mol. The molecule has 1 aromatic carbocycles. The molecule has 0 radical (unpaired) electrons. The van der Waals surface area contributed by atoms with Crippen molar-refractivity contribution in [3.63, 3.8) is 0 Å². The van der Waals surface area contributed by atoms with E-state index >= 15 is 0 Å². The number of rotatable bonds is 4. The summed E-state index contributed by atoms with van der Waals surface area (Å²) < 4.78 is 5.28. The lowest BCUT2D eigenvalue weighted by Gasteiger charge is -2.05. The van der Waals surface area contributed by atoms with Crippen molar-refractivity contribution >= 4 is 24.0 Å². The van der Waals surface area contributed by atoms with Crippen LogP contribution in [0.5, 0.6) is 0 Å². The van der Waals surface area contributed by atoms with Gasteiger partial charge in [-0.1, -0.05) is 12.1 Å². The maximum atomic E-state index is 12.0. The molecule has 0 atom stereocenters. The molecule has 0 spiro atoms. The van der Waals surface area contributed by atoms with Crippen molar-refractivity contribution in [1.29, 1.82) is 0 Å². The largest absolute Gasteiger partial charge is 0.436 e. The van der Waals surface area contributed by atoms with Crippen LogP contribution in [0.2, 0.25) is 0 Å². The number of hydrogen-bond acceptors (Lipinski definition) is 4. The number of aryl methyl sites for hydroxylation is 2. The molecule has 2 rings (SSSR count). The molecule has 0 bridgehead atoms. The molecule has 6 heteroatoms. The maximum Gasteiger partial charge on any atom is 0.293 e. The summed E-state index contributed by atoms with van der Waals surface area (Å²) in [5, 5.41) is 5.86. The number of aromatic nitrogens is 1. The third kappa shape index (κ3) is 3.82. The average molecular weight is 296 g/mol. The summed E-state index contributed by atoms with van der Waals surface area (Å²) >= 11 is 0. The number of amides is 1. The average Bonchev–Trinajstić information content (AvgIpc) is 2.71. The fourth-order valence-electron chi connectivity index (χ4n) is 1.84. The summed E-state index contributed by atoms with van der Waals surface area (Å²) in [5.74, 6) is 0.475. The number of carbonyl (C=O) groups excluding carboxylic acids is 1. The Morgan fingerprint density at radius 1 is 1.25 bits per heavy atom. The highest BCUT2D eigenvalue weighted by molar-refractivity contribution is 6.02. The highest BCUT2D eigenvalue weighted by Crippen LogP contribution is 2.14. The molecule has 20 heavy (non-hydrogen) atoms. The first-order valence-electron chi connectivity index (χ1n) is 6.09. The monoisotopic (exact) mass is 295 g/mol. The van der Waals surface area contributed by atoms with Crippen molar-refractivity contribution in [3.05, 3.63) is 47.2 Å². The normalized spacial score (nSPS) is 9.95. The quantitative estimate of drug-likeness (QED) is 0.910. The van der Waals surface area contributed by atoms with Crippen LogP contribution in [-0.2, 0) is 6.54 Å². The number of anilines is 1. The van der Waals surface area contributed by atoms with Gasteiger partial charge in [0, 0.05) is 19.2 Å². The van der Waals surface area contributed by atoms with Gasteiger partial charge in [-0.2, -0.15) is 0 Å². The van der Waals surface area contributed by atoms with E-state index in [9.17, 15) is 4.79 Å². The van der Waals surface area contributed by atoms with Gasteiger partial charge in [-0.3, -0.25) is 4.79 Å². The third-order valence-corrected chi connectivity index (χ3v) is 2.70. The maximum absolute atomic E-state index is 12.0. The van der Waals surface area contributed by atoms with Crippen LogP contribution >= 0.6 is 12.4 Å². The predicted octanol–water partition coefficient (Wildman–Crippen LogP) is 2.68. The van der Waals surface area contributed by atoms with Crippen LogP contribution in [0.25, 0.3) is 0 Å². The molecular formula is C14H18ClN3O2. The van der Waals surface area contributed by atoms with Crippen molar-refractivity contribution < 1.29 is 9.21 Å². The van der Waals surface area contributed by atoms with Gasteiger partial charge in [0.05, 0.1) is 5.69 Å². The molecule has 0 aliphatic rings. The molecule has 0 saturated heterocycles. The first kappa shape index (κ1) is 16.2. The summed E-state index contributed by atoms with van der Waals surface area (Å²) in [6, 6.07) is 7.65. The van der Waals surface area contributed by atoms with Crippen molar-refractivity contribution in [3.8, 4) is 0 Å². The molecule has 1 heterocycles. The standard InChI is InChI=1S/C14H17N3O2.ClH/c1-9-13(19-10(2)16-9)14(18)17-12-6-4-11(5-7-12)8-15-3;/h4-7,15H,8H2,1-3H3,(H,17,18);1H. The lowest BCUT2D eigenvalue weighted by atomic mass is 10.2. The van der Waals surface area contributed by atoms with E-state index in [1.54, 1.807) is 13.8 Å². The van der Waals surface area contributed by atoms with Gasteiger partial charge in [0.2, 0.25) is 5.76 Å².